The van der Waals surface area contributed by atoms with Crippen LogP contribution in [-0.2, 0) is 13.1 Å². The van der Waals surface area contributed by atoms with Gasteiger partial charge in [0, 0.05) is 11.1 Å². The van der Waals surface area contributed by atoms with Gasteiger partial charge in [-0.15, -0.1) is 11.3 Å². The van der Waals surface area contributed by atoms with Crippen LogP contribution < -0.4 is 5.32 Å². The summed E-state index contributed by atoms with van der Waals surface area (Å²) >= 11 is 7.40. The molecule has 1 N–H and O–H groups in total. The quantitative estimate of drug-likeness (QED) is 0.785. The Balaban J connectivity index is 1.60. The molecule has 0 atom stereocenters. The highest BCUT2D eigenvalue weighted by Gasteiger charge is 2.11. The largest absolute Gasteiger partial charge is 0.454 e. The lowest BCUT2D eigenvalue weighted by molar-refractivity contribution is 0.0921. The molecule has 0 unspecified atom stereocenters. The SMILES string of the molecule is O=C(NCc1cccs1)c1ccc(Cn2cc(Cl)cn2)o1. The number of hydrogen-bond donors (Lipinski definition) is 1. The molecule has 0 bridgehead atoms. The van der Waals surface area contributed by atoms with Gasteiger partial charge >= 0.3 is 0 Å². The van der Waals surface area contributed by atoms with Crippen molar-refractivity contribution in [3.05, 3.63) is 63.5 Å². The molecule has 0 fully saturated rings. The van der Waals surface area contributed by atoms with Gasteiger partial charge in [-0.3, -0.25) is 9.48 Å². The van der Waals surface area contributed by atoms with Crippen LogP contribution in [0.25, 0.3) is 0 Å². The first-order valence-electron chi connectivity index (χ1n) is 6.28. The normalized spacial score (nSPS) is 10.7. The number of rotatable bonds is 5. The van der Waals surface area contributed by atoms with Crippen molar-refractivity contribution in [2.75, 3.05) is 0 Å². The summed E-state index contributed by atoms with van der Waals surface area (Å²) in [5.41, 5.74) is 0. The molecule has 0 spiro atoms. The number of thiophene rings is 1. The van der Waals surface area contributed by atoms with E-state index in [0.29, 0.717) is 29.6 Å². The average molecular weight is 322 g/mol. The van der Waals surface area contributed by atoms with Crippen LogP contribution in [0.4, 0.5) is 0 Å². The maximum absolute atomic E-state index is 12.0. The summed E-state index contributed by atoms with van der Waals surface area (Å²) in [5.74, 6) is 0.712. The highest BCUT2D eigenvalue weighted by molar-refractivity contribution is 7.09. The van der Waals surface area contributed by atoms with E-state index in [9.17, 15) is 4.79 Å². The van der Waals surface area contributed by atoms with Gasteiger partial charge in [-0.2, -0.15) is 5.10 Å². The smallest absolute Gasteiger partial charge is 0.287 e. The molecule has 108 valence electrons. The minimum absolute atomic E-state index is 0.229. The van der Waals surface area contributed by atoms with E-state index in [1.807, 2.05) is 17.5 Å². The number of amides is 1. The highest BCUT2D eigenvalue weighted by atomic mass is 35.5. The number of carbonyl (C=O) groups excluding carboxylic acids is 1. The molecule has 0 aromatic carbocycles. The van der Waals surface area contributed by atoms with Crippen molar-refractivity contribution in [2.24, 2.45) is 0 Å². The average Bonchev–Trinajstić information content (AvgIpc) is 3.19. The first-order chi connectivity index (χ1) is 10.2. The van der Waals surface area contributed by atoms with Crippen LogP contribution in [0.15, 0.2) is 46.5 Å². The number of aromatic nitrogens is 2. The summed E-state index contributed by atoms with van der Waals surface area (Å²) in [5, 5.41) is 9.42. The Morgan fingerprint density at radius 3 is 3.05 bits per heavy atom. The summed E-state index contributed by atoms with van der Waals surface area (Å²) < 4.78 is 7.16. The minimum atomic E-state index is -0.229. The molecule has 3 aromatic heterocycles. The second-order valence-electron chi connectivity index (χ2n) is 4.38. The Hall–Kier alpha value is -2.05. The molecule has 0 saturated heterocycles. The van der Waals surface area contributed by atoms with Crippen LogP contribution in [0, 0.1) is 0 Å². The zero-order valence-electron chi connectivity index (χ0n) is 11.0. The summed E-state index contributed by atoms with van der Waals surface area (Å²) in [4.78, 5) is 13.1. The lowest BCUT2D eigenvalue weighted by Gasteiger charge is -2.01. The van der Waals surface area contributed by atoms with Crippen molar-refractivity contribution in [1.82, 2.24) is 15.1 Å². The van der Waals surface area contributed by atoms with E-state index in [0.717, 1.165) is 4.88 Å². The van der Waals surface area contributed by atoms with Gasteiger partial charge < -0.3 is 9.73 Å². The predicted octanol–water partition coefficient (Wildman–Crippen LogP) is 3.17. The second kappa shape index (κ2) is 6.15. The molecule has 0 radical (unpaired) electrons. The minimum Gasteiger partial charge on any atom is -0.454 e. The molecule has 0 aliphatic heterocycles. The van der Waals surface area contributed by atoms with E-state index in [1.165, 1.54) is 0 Å². The van der Waals surface area contributed by atoms with E-state index in [2.05, 4.69) is 10.4 Å². The number of furan rings is 1. The van der Waals surface area contributed by atoms with Gasteiger partial charge in [0.2, 0.25) is 0 Å². The fourth-order valence-electron chi connectivity index (χ4n) is 1.84. The zero-order chi connectivity index (χ0) is 14.7. The van der Waals surface area contributed by atoms with Crippen LogP contribution in [-0.4, -0.2) is 15.7 Å². The lowest BCUT2D eigenvalue weighted by Crippen LogP contribution is -2.21. The van der Waals surface area contributed by atoms with Crippen molar-refractivity contribution < 1.29 is 9.21 Å². The molecule has 21 heavy (non-hydrogen) atoms. The fraction of sp³-hybridized carbons (Fsp3) is 0.143. The molecule has 0 aliphatic rings. The standard InChI is InChI=1S/C14H12ClN3O2S/c15-10-6-17-18(8-10)9-11-3-4-13(20-11)14(19)16-7-12-2-1-5-21-12/h1-6,8H,7,9H2,(H,16,19). The van der Waals surface area contributed by atoms with Crippen LogP contribution in [0.1, 0.15) is 21.2 Å². The maximum atomic E-state index is 12.0. The molecular weight excluding hydrogens is 310 g/mol. The summed E-state index contributed by atoms with van der Waals surface area (Å²) in [6.45, 7) is 0.937. The molecular formula is C14H12ClN3O2S. The third kappa shape index (κ3) is 3.53. The van der Waals surface area contributed by atoms with Crippen molar-refractivity contribution >= 4 is 28.8 Å². The van der Waals surface area contributed by atoms with E-state index in [1.54, 1.807) is 40.5 Å². The third-order valence-electron chi connectivity index (χ3n) is 2.81. The van der Waals surface area contributed by atoms with Crippen molar-refractivity contribution in [1.29, 1.82) is 0 Å². The summed E-state index contributed by atoms with van der Waals surface area (Å²) in [6.07, 6.45) is 3.25. The second-order valence-corrected chi connectivity index (χ2v) is 5.85. The zero-order valence-corrected chi connectivity index (χ0v) is 12.5. The Kier molecular flexibility index (Phi) is 4.08. The van der Waals surface area contributed by atoms with Crippen molar-refractivity contribution in [3.63, 3.8) is 0 Å². The number of carbonyl (C=O) groups is 1. The van der Waals surface area contributed by atoms with Gasteiger partial charge in [-0.05, 0) is 23.6 Å². The number of hydrogen-bond acceptors (Lipinski definition) is 4. The van der Waals surface area contributed by atoms with E-state index in [4.69, 9.17) is 16.0 Å². The van der Waals surface area contributed by atoms with E-state index >= 15 is 0 Å². The number of nitrogens with one attached hydrogen (secondary N) is 1. The Morgan fingerprint density at radius 2 is 2.33 bits per heavy atom. The molecule has 3 heterocycles. The molecule has 3 aromatic rings. The van der Waals surface area contributed by atoms with Gasteiger partial charge in [0.05, 0.1) is 24.3 Å². The lowest BCUT2D eigenvalue weighted by atomic mass is 10.4. The van der Waals surface area contributed by atoms with E-state index < -0.39 is 0 Å². The molecule has 0 saturated carbocycles. The van der Waals surface area contributed by atoms with Gasteiger partial charge in [0.25, 0.3) is 5.91 Å². The van der Waals surface area contributed by atoms with Gasteiger partial charge in [-0.25, -0.2) is 0 Å². The Bertz CT molecular complexity index is 733. The molecule has 1 amide bonds. The molecule has 5 nitrogen and oxygen atoms in total. The van der Waals surface area contributed by atoms with Gasteiger partial charge in [0.15, 0.2) is 5.76 Å². The van der Waals surface area contributed by atoms with Crippen molar-refractivity contribution in [3.8, 4) is 0 Å². The summed E-state index contributed by atoms with van der Waals surface area (Å²) in [7, 11) is 0. The Labute approximate surface area is 130 Å². The van der Waals surface area contributed by atoms with Crippen LogP contribution in [0.5, 0.6) is 0 Å². The van der Waals surface area contributed by atoms with Gasteiger partial charge in [0.1, 0.15) is 5.76 Å². The molecule has 0 aliphatic carbocycles. The first-order valence-corrected chi connectivity index (χ1v) is 7.54. The fourth-order valence-corrected chi connectivity index (χ4v) is 2.64. The topological polar surface area (TPSA) is 60.1 Å². The monoisotopic (exact) mass is 321 g/mol. The van der Waals surface area contributed by atoms with Crippen molar-refractivity contribution in [2.45, 2.75) is 13.1 Å². The predicted molar refractivity (Wildman–Crippen MR) is 80.5 cm³/mol. The summed E-state index contributed by atoms with van der Waals surface area (Å²) in [6, 6.07) is 7.34. The maximum Gasteiger partial charge on any atom is 0.287 e. The Morgan fingerprint density at radius 1 is 1.43 bits per heavy atom. The number of nitrogens with zero attached hydrogens (tertiary/aromatic N) is 2. The molecule has 3 rings (SSSR count). The van der Waals surface area contributed by atoms with Crippen LogP contribution >= 0.6 is 22.9 Å². The third-order valence-corrected chi connectivity index (χ3v) is 3.88. The highest BCUT2D eigenvalue weighted by Crippen LogP contribution is 2.12. The first kappa shape index (κ1) is 13.9. The van der Waals surface area contributed by atoms with Crippen LogP contribution in [0.2, 0.25) is 5.02 Å². The van der Waals surface area contributed by atoms with Crippen LogP contribution in [0.3, 0.4) is 0 Å². The van der Waals surface area contributed by atoms with Gasteiger partial charge in [-0.1, -0.05) is 17.7 Å². The molecule has 7 heteroatoms. The number of halogens is 1. The van der Waals surface area contributed by atoms with E-state index in [-0.39, 0.29) is 5.91 Å².